The predicted molar refractivity (Wildman–Crippen MR) is 146 cm³/mol. The number of hydrogen-bond acceptors (Lipinski definition) is 5. The van der Waals surface area contributed by atoms with Crippen LogP contribution in [0.1, 0.15) is 42.3 Å². The molecule has 1 amide bonds. The summed E-state index contributed by atoms with van der Waals surface area (Å²) in [5.41, 5.74) is 4.31. The molecule has 0 aliphatic carbocycles. The summed E-state index contributed by atoms with van der Waals surface area (Å²) in [4.78, 5) is 17.5. The molecule has 0 bridgehead atoms. The second-order valence-electron chi connectivity index (χ2n) is 8.70. The maximum absolute atomic E-state index is 13.3. The van der Waals surface area contributed by atoms with Crippen molar-refractivity contribution in [3.63, 3.8) is 0 Å². The highest BCUT2D eigenvalue weighted by molar-refractivity contribution is 7.89. The van der Waals surface area contributed by atoms with Gasteiger partial charge in [0.05, 0.1) is 10.6 Å². The summed E-state index contributed by atoms with van der Waals surface area (Å²) >= 11 is 1.35. The number of thiazole rings is 1. The lowest BCUT2D eigenvalue weighted by molar-refractivity contribution is 0.102. The summed E-state index contributed by atoms with van der Waals surface area (Å²) in [6.45, 7) is 6.08. The first kappa shape index (κ1) is 25.8. The number of amides is 1. The Labute approximate surface area is 216 Å². The summed E-state index contributed by atoms with van der Waals surface area (Å²) in [6, 6.07) is 23.5. The van der Waals surface area contributed by atoms with E-state index in [1.165, 1.54) is 45.5 Å². The highest BCUT2D eigenvalue weighted by Crippen LogP contribution is 2.26. The van der Waals surface area contributed by atoms with Gasteiger partial charge in [-0.3, -0.25) is 10.1 Å². The van der Waals surface area contributed by atoms with Crippen LogP contribution in [-0.2, 0) is 23.0 Å². The van der Waals surface area contributed by atoms with Crippen LogP contribution in [-0.4, -0.2) is 29.7 Å². The largest absolute Gasteiger partial charge is 0.298 e. The van der Waals surface area contributed by atoms with Crippen LogP contribution in [0.4, 0.5) is 5.13 Å². The molecule has 36 heavy (non-hydrogen) atoms. The van der Waals surface area contributed by atoms with E-state index in [1.807, 2.05) is 61.7 Å². The molecule has 1 N–H and O–H groups in total. The monoisotopic (exact) mass is 519 g/mol. The van der Waals surface area contributed by atoms with Gasteiger partial charge in [0.25, 0.3) is 5.91 Å². The van der Waals surface area contributed by atoms with Crippen LogP contribution in [0.2, 0.25) is 0 Å². The summed E-state index contributed by atoms with van der Waals surface area (Å²) in [5.74, 6) is -0.341. The SMILES string of the molecule is CCc1ccc(-c2csc(NC(=O)c3ccc(S(=O)(=O)N(Cc4ccccc4)C(C)C)cc3)n2)cc1. The van der Waals surface area contributed by atoms with Crippen molar-refractivity contribution in [1.29, 1.82) is 0 Å². The number of sulfonamides is 1. The van der Waals surface area contributed by atoms with E-state index in [0.717, 1.165) is 23.2 Å². The van der Waals surface area contributed by atoms with Crippen LogP contribution in [0.15, 0.2) is 89.1 Å². The minimum atomic E-state index is -3.74. The van der Waals surface area contributed by atoms with Gasteiger partial charge in [-0.1, -0.05) is 61.5 Å². The van der Waals surface area contributed by atoms with Crippen molar-refractivity contribution in [2.75, 3.05) is 5.32 Å². The van der Waals surface area contributed by atoms with E-state index >= 15 is 0 Å². The van der Waals surface area contributed by atoms with E-state index in [0.29, 0.717) is 10.7 Å². The van der Waals surface area contributed by atoms with E-state index in [-0.39, 0.29) is 23.4 Å². The van der Waals surface area contributed by atoms with Crippen molar-refractivity contribution < 1.29 is 13.2 Å². The van der Waals surface area contributed by atoms with Crippen LogP contribution >= 0.6 is 11.3 Å². The van der Waals surface area contributed by atoms with Gasteiger partial charge in [0.15, 0.2) is 5.13 Å². The molecule has 8 heteroatoms. The smallest absolute Gasteiger partial charge is 0.257 e. The van der Waals surface area contributed by atoms with E-state index in [4.69, 9.17) is 0 Å². The highest BCUT2D eigenvalue weighted by Gasteiger charge is 2.27. The fraction of sp³-hybridized carbons (Fsp3) is 0.214. The first-order valence-corrected chi connectivity index (χ1v) is 14.1. The Hall–Kier alpha value is -3.33. The first-order chi connectivity index (χ1) is 17.3. The van der Waals surface area contributed by atoms with Gasteiger partial charge in [-0.2, -0.15) is 4.31 Å². The van der Waals surface area contributed by atoms with Crippen LogP contribution in [0.3, 0.4) is 0 Å². The van der Waals surface area contributed by atoms with Gasteiger partial charge in [0, 0.05) is 29.1 Å². The van der Waals surface area contributed by atoms with Gasteiger partial charge in [0.2, 0.25) is 10.0 Å². The van der Waals surface area contributed by atoms with Crippen molar-refractivity contribution in [3.05, 3.63) is 101 Å². The third-order valence-electron chi connectivity index (χ3n) is 5.86. The van der Waals surface area contributed by atoms with Gasteiger partial charge in [-0.05, 0) is 55.7 Å². The zero-order chi connectivity index (χ0) is 25.7. The van der Waals surface area contributed by atoms with Gasteiger partial charge < -0.3 is 0 Å². The number of aryl methyl sites for hydroxylation is 1. The molecule has 4 rings (SSSR count). The van der Waals surface area contributed by atoms with Crippen LogP contribution < -0.4 is 5.32 Å². The minimum absolute atomic E-state index is 0.149. The first-order valence-electron chi connectivity index (χ1n) is 11.8. The molecule has 3 aromatic carbocycles. The summed E-state index contributed by atoms with van der Waals surface area (Å²) < 4.78 is 28.2. The minimum Gasteiger partial charge on any atom is -0.298 e. The summed E-state index contributed by atoms with van der Waals surface area (Å²) in [6.07, 6.45) is 0.973. The zero-order valence-electron chi connectivity index (χ0n) is 20.5. The van der Waals surface area contributed by atoms with Crippen LogP contribution in [0.25, 0.3) is 11.3 Å². The van der Waals surface area contributed by atoms with E-state index in [1.54, 1.807) is 0 Å². The second-order valence-corrected chi connectivity index (χ2v) is 11.4. The van der Waals surface area contributed by atoms with Crippen LogP contribution in [0.5, 0.6) is 0 Å². The molecule has 186 valence electrons. The molecule has 0 fully saturated rings. The maximum Gasteiger partial charge on any atom is 0.257 e. The third kappa shape index (κ3) is 5.90. The summed E-state index contributed by atoms with van der Waals surface area (Å²) in [7, 11) is -3.74. The molecule has 4 aromatic rings. The Morgan fingerprint density at radius 2 is 1.61 bits per heavy atom. The van der Waals surface area contributed by atoms with Gasteiger partial charge >= 0.3 is 0 Å². The molecule has 1 aromatic heterocycles. The number of nitrogens with zero attached hydrogens (tertiary/aromatic N) is 2. The number of carbonyl (C=O) groups excluding carboxylic acids is 1. The molecule has 0 unspecified atom stereocenters. The number of benzene rings is 3. The number of nitrogens with one attached hydrogen (secondary N) is 1. The van der Waals surface area contributed by atoms with Gasteiger partial charge in [-0.25, -0.2) is 13.4 Å². The predicted octanol–water partition coefficient (Wildman–Crippen LogP) is 6.22. The summed E-state index contributed by atoms with van der Waals surface area (Å²) in [5, 5.41) is 5.20. The van der Waals surface area contributed by atoms with Crippen molar-refractivity contribution in [2.45, 2.75) is 44.7 Å². The van der Waals surface area contributed by atoms with Gasteiger partial charge in [-0.15, -0.1) is 11.3 Å². The second kappa shape index (κ2) is 11.2. The average Bonchev–Trinajstić information content (AvgIpc) is 3.36. The molecule has 0 atom stereocenters. The molecule has 0 saturated carbocycles. The fourth-order valence-corrected chi connectivity index (χ4v) is 6.11. The number of rotatable bonds is 9. The number of hydrogen-bond donors (Lipinski definition) is 1. The third-order valence-corrected chi connectivity index (χ3v) is 8.66. The Balaban J connectivity index is 1.46. The molecule has 1 heterocycles. The quantitative estimate of drug-likeness (QED) is 0.285. The standard InChI is InChI=1S/C28H29N3O3S2/c1-4-21-10-12-23(13-11-21)26-19-35-28(29-26)30-27(32)24-14-16-25(17-15-24)36(33,34)31(20(2)3)18-22-8-6-5-7-9-22/h5-17,19-20H,4,18H2,1-3H3,(H,29,30,32). The molecule has 0 radical (unpaired) electrons. The van der Waals surface area contributed by atoms with E-state index in [9.17, 15) is 13.2 Å². The van der Waals surface area contributed by atoms with Gasteiger partial charge in [0.1, 0.15) is 0 Å². The number of aromatic nitrogens is 1. The molecular weight excluding hydrogens is 490 g/mol. The molecule has 6 nitrogen and oxygen atoms in total. The molecular formula is C28H29N3O3S2. The van der Waals surface area contributed by atoms with Crippen molar-refractivity contribution in [1.82, 2.24) is 9.29 Å². The Bertz CT molecular complexity index is 1410. The van der Waals surface area contributed by atoms with Crippen LogP contribution in [0, 0.1) is 0 Å². The molecule has 0 aliphatic heterocycles. The Morgan fingerprint density at radius 1 is 0.944 bits per heavy atom. The lowest BCUT2D eigenvalue weighted by atomic mass is 10.1. The molecule has 0 saturated heterocycles. The lowest BCUT2D eigenvalue weighted by Crippen LogP contribution is -2.36. The zero-order valence-corrected chi connectivity index (χ0v) is 22.1. The molecule has 0 aliphatic rings. The highest BCUT2D eigenvalue weighted by atomic mass is 32.2. The molecule has 0 spiro atoms. The Morgan fingerprint density at radius 3 is 2.22 bits per heavy atom. The normalized spacial score (nSPS) is 11.7. The van der Waals surface area contributed by atoms with Crippen molar-refractivity contribution in [2.24, 2.45) is 0 Å². The maximum atomic E-state index is 13.3. The van der Waals surface area contributed by atoms with E-state index < -0.39 is 10.0 Å². The fourth-order valence-electron chi connectivity index (χ4n) is 3.77. The number of anilines is 1. The Kier molecular flexibility index (Phi) is 7.98. The number of carbonyl (C=O) groups is 1. The average molecular weight is 520 g/mol. The topological polar surface area (TPSA) is 79.4 Å². The van der Waals surface area contributed by atoms with Crippen molar-refractivity contribution >= 4 is 32.4 Å². The van der Waals surface area contributed by atoms with Crippen molar-refractivity contribution in [3.8, 4) is 11.3 Å². The van der Waals surface area contributed by atoms with E-state index in [2.05, 4.69) is 29.4 Å². The lowest BCUT2D eigenvalue weighted by Gasteiger charge is -2.26.